The van der Waals surface area contributed by atoms with Crippen LogP contribution in [0, 0.1) is 0 Å². The third-order valence-electron chi connectivity index (χ3n) is 2.78. The zero-order chi connectivity index (χ0) is 20.1. The minimum absolute atomic E-state index is 0.0970. The molecule has 0 bridgehead atoms. The summed E-state index contributed by atoms with van der Waals surface area (Å²) in [4.78, 5) is 29.8. The van der Waals surface area contributed by atoms with Crippen molar-refractivity contribution in [3.63, 3.8) is 0 Å². The molecule has 26 heavy (non-hydrogen) atoms. The van der Waals surface area contributed by atoms with Gasteiger partial charge in [0.2, 0.25) is 0 Å². The maximum Gasteiger partial charge on any atom is 0.420 e. The third-order valence-corrected chi connectivity index (χ3v) is 2.78. The number of rotatable bonds is 3. The molecule has 9 heteroatoms. The third kappa shape index (κ3) is 6.96. The highest BCUT2D eigenvalue weighted by Gasteiger charge is 2.31. The molecule has 1 aromatic rings. The van der Waals surface area contributed by atoms with Crippen LogP contribution in [0.25, 0.3) is 0 Å². The van der Waals surface area contributed by atoms with Crippen LogP contribution >= 0.6 is 0 Å². The molecule has 3 N–H and O–H groups in total. The Morgan fingerprint density at radius 2 is 1.62 bits per heavy atom. The summed E-state index contributed by atoms with van der Waals surface area (Å²) in [6, 6.07) is 3.11. The first-order valence-electron chi connectivity index (χ1n) is 7.99. The monoisotopic (exact) mass is 366 g/mol. The highest BCUT2D eigenvalue weighted by molar-refractivity contribution is 5.96. The Balaban J connectivity index is 3.04. The number of imide groups is 1. The predicted octanol–water partition coefficient (Wildman–Crippen LogP) is 2.85. The molecular weight excluding hydrogens is 340 g/mol. The van der Waals surface area contributed by atoms with Gasteiger partial charge in [-0.3, -0.25) is 4.98 Å². The maximum atomic E-state index is 12.4. The maximum absolute atomic E-state index is 12.4. The van der Waals surface area contributed by atoms with E-state index in [1.54, 1.807) is 53.7 Å². The van der Waals surface area contributed by atoms with Crippen molar-refractivity contribution in [1.82, 2.24) is 9.88 Å². The molecule has 0 spiro atoms. The van der Waals surface area contributed by atoms with Crippen molar-refractivity contribution >= 4 is 18.0 Å². The Morgan fingerprint density at radius 1 is 1.12 bits per heavy atom. The molecule has 0 radical (unpaired) electrons. The molecule has 0 atom stereocenters. The lowest BCUT2D eigenvalue weighted by atomic mass is 10.2. The van der Waals surface area contributed by atoms with Gasteiger partial charge in [-0.2, -0.15) is 0 Å². The van der Waals surface area contributed by atoms with E-state index >= 15 is 0 Å². The minimum Gasteiger partial charge on any atom is -0.443 e. The zero-order valence-corrected chi connectivity index (χ0v) is 15.9. The summed E-state index contributed by atoms with van der Waals surface area (Å²) in [5.41, 5.74) is 4.73. The first-order chi connectivity index (χ1) is 11.8. The van der Waals surface area contributed by atoms with E-state index in [0.717, 1.165) is 4.90 Å². The van der Waals surface area contributed by atoms with Crippen LogP contribution < -0.4 is 5.73 Å². The molecular formula is C17H26N4O5. The molecule has 2 amide bonds. The largest absolute Gasteiger partial charge is 0.443 e. The molecule has 144 valence electrons. The van der Waals surface area contributed by atoms with Gasteiger partial charge in [-0.25, -0.2) is 14.5 Å². The van der Waals surface area contributed by atoms with E-state index < -0.39 is 23.4 Å². The topological polar surface area (TPSA) is 127 Å². The normalized spacial score (nSPS) is 12.5. The van der Waals surface area contributed by atoms with Crippen LogP contribution in [0.1, 0.15) is 52.8 Å². The summed E-state index contributed by atoms with van der Waals surface area (Å²) < 4.78 is 10.5. The summed E-state index contributed by atoms with van der Waals surface area (Å²) >= 11 is 0. The van der Waals surface area contributed by atoms with Gasteiger partial charge in [0, 0.05) is 11.8 Å². The van der Waals surface area contributed by atoms with Crippen LogP contribution in [-0.4, -0.2) is 44.3 Å². The summed E-state index contributed by atoms with van der Waals surface area (Å²) in [7, 11) is 0. The first-order valence-corrected chi connectivity index (χ1v) is 7.99. The lowest BCUT2D eigenvalue weighted by Gasteiger charge is -2.28. The van der Waals surface area contributed by atoms with Crippen LogP contribution in [0.15, 0.2) is 23.5 Å². The highest BCUT2D eigenvalue weighted by Crippen LogP contribution is 2.16. The van der Waals surface area contributed by atoms with E-state index in [1.165, 1.54) is 6.20 Å². The zero-order valence-electron chi connectivity index (χ0n) is 15.9. The minimum atomic E-state index is -0.839. The number of ether oxygens (including phenoxy) is 2. The van der Waals surface area contributed by atoms with Crippen LogP contribution in [0.2, 0.25) is 0 Å². The van der Waals surface area contributed by atoms with Crippen LogP contribution in [0.3, 0.4) is 0 Å². The SMILES string of the molecule is CC(C)(C)OC(=O)N(Cc1ccc(/C(N)=N\O)cn1)C(=O)OC(C)(C)C. The van der Waals surface area contributed by atoms with Crippen molar-refractivity contribution < 1.29 is 24.3 Å². The molecule has 1 aromatic heterocycles. The van der Waals surface area contributed by atoms with Crippen molar-refractivity contribution in [2.24, 2.45) is 10.9 Å². The fraction of sp³-hybridized carbons (Fsp3) is 0.529. The number of amides is 2. The number of carbonyl (C=O) groups excluding carboxylic acids is 2. The van der Waals surface area contributed by atoms with E-state index in [-0.39, 0.29) is 12.4 Å². The molecule has 1 heterocycles. The van der Waals surface area contributed by atoms with Gasteiger partial charge in [0.1, 0.15) is 11.2 Å². The second-order valence-electron chi connectivity index (χ2n) is 7.57. The van der Waals surface area contributed by atoms with Crippen molar-refractivity contribution in [3.05, 3.63) is 29.6 Å². The number of carbonyl (C=O) groups is 2. The van der Waals surface area contributed by atoms with Gasteiger partial charge < -0.3 is 20.4 Å². The van der Waals surface area contributed by atoms with Crippen molar-refractivity contribution in [3.8, 4) is 0 Å². The Bertz CT molecular complexity index is 644. The lowest BCUT2D eigenvalue weighted by Crippen LogP contribution is -2.43. The van der Waals surface area contributed by atoms with Crippen molar-refractivity contribution in [2.75, 3.05) is 0 Å². The fourth-order valence-corrected chi connectivity index (χ4v) is 1.73. The lowest BCUT2D eigenvalue weighted by molar-refractivity contribution is -0.000477. The molecule has 0 fully saturated rings. The van der Waals surface area contributed by atoms with Gasteiger partial charge in [-0.15, -0.1) is 0 Å². The number of pyridine rings is 1. The van der Waals surface area contributed by atoms with Gasteiger partial charge in [0.05, 0.1) is 12.2 Å². The smallest absolute Gasteiger partial charge is 0.420 e. The predicted molar refractivity (Wildman–Crippen MR) is 94.8 cm³/mol. The van der Waals surface area contributed by atoms with Crippen LogP contribution in [0.5, 0.6) is 0 Å². The van der Waals surface area contributed by atoms with Gasteiger partial charge in [0.15, 0.2) is 5.84 Å². The summed E-state index contributed by atoms with van der Waals surface area (Å²) in [6.07, 6.45) is -0.310. The van der Waals surface area contributed by atoms with E-state index in [9.17, 15) is 9.59 Å². The molecule has 0 saturated carbocycles. The van der Waals surface area contributed by atoms with Gasteiger partial charge in [-0.05, 0) is 53.7 Å². The Morgan fingerprint density at radius 3 is 1.96 bits per heavy atom. The Kier molecular flexibility index (Phi) is 6.55. The number of hydrogen-bond acceptors (Lipinski definition) is 7. The molecule has 0 saturated heterocycles. The molecule has 1 rings (SSSR count). The van der Waals surface area contributed by atoms with Crippen LogP contribution in [0.4, 0.5) is 9.59 Å². The van der Waals surface area contributed by atoms with Crippen molar-refractivity contribution in [1.29, 1.82) is 0 Å². The quantitative estimate of drug-likeness (QED) is 0.364. The fourth-order valence-electron chi connectivity index (χ4n) is 1.73. The average Bonchev–Trinajstić information content (AvgIpc) is 2.48. The van der Waals surface area contributed by atoms with Gasteiger partial charge in [0.25, 0.3) is 0 Å². The van der Waals surface area contributed by atoms with Crippen molar-refractivity contribution in [2.45, 2.75) is 59.3 Å². The summed E-state index contributed by atoms with van der Waals surface area (Å²) in [6.45, 7) is 10.0. The Labute approximate surface area is 152 Å². The van der Waals surface area contributed by atoms with E-state index in [2.05, 4.69) is 10.1 Å². The first kappa shape index (κ1) is 21.2. The van der Waals surface area contributed by atoms with Gasteiger partial charge in [-0.1, -0.05) is 5.16 Å². The highest BCUT2D eigenvalue weighted by atomic mass is 16.6. The number of nitrogens with zero attached hydrogens (tertiary/aromatic N) is 3. The van der Waals surface area contributed by atoms with Gasteiger partial charge >= 0.3 is 12.2 Å². The molecule has 0 aliphatic carbocycles. The second-order valence-corrected chi connectivity index (χ2v) is 7.57. The number of hydrogen-bond donors (Lipinski definition) is 2. The molecule has 9 nitrogen and oxygen atoms in total. The number of nitrogens with two attached hydrogens (primary N) is 1. The Hall–Kier alpha value is -2.84. The van der Waals surface area contributed by atoms with E-state index in [1.807, 2.05) is 0 Å². The molecule has 0 aliphatic rings. The number of oxime groups is 1. The van der Waals surface area contributed by atoms with E-state index in [4.69, 9.17) is 20.4 Å². The van der Waals surface area contributed by atoms with E-state index in [0.29, 0.717) is 11.3 Å². The molecule has 0 aromatic carbocycles. The average molecular weight is 366 g/mol. The van der Waals surface area contributed by atoms with Crippen LogP contribution in [-0.2, 0) is 16.0 Å². The standard InChI is InChI=1S/C17H26N4O5/c1-16(2,3)25-14(22)21(15(23)26-17(4,5)6)10-12-8-7-11(9-19-12)13(18)20-24/h7-9,24H,10H2,1-6H3,(H2,18,20). The second kappa shape index (κ2) is 8.03. The summed E-state index contributed by atoms with van der Waals surface area (Å²) in [5.74, 6) is -0.0970. The number of amidine groups is 1. The molecule has 0 aliphatic heterocycles. The summed E-state index contributed by atoms with van der Waals surface area (Å²) in [5, 5.41) is 11.6. The molecule has 0 unspecified atom stereocenters. The number of aromatic nitrogens is 1.